The molecule has 0 saturated carbocycles. The molecule has 0 N–H and O–H groups in total. The van der Waals surface area contributed by atoms with Crippen LogP contribution in [0, 0.1) is 5.92 Å². The van der Waals surface area contributed by atoms with E-state index in [-0.39, 0.29) is 5.92 Å². The molecule has 2 aliphatic heterocycles. The Morgan fingerprint density at radius 3 is 2.42 bits per heavy atom. The van der Waals surface area contributed by atoms with Gasteiger partial charge in [-0.1, -0.05) is 30.3 Å². The summed E-state index contributed by atoms with van der Waals surface area (Å²) < 4.78 is 1.69. The van der Waals surface area contributed by atoms with E-state index in [1.807, 2.05) is 24.4 Å². The van der Waals surface area contributed by atoms with E-state index in [9.17, 15) is 4.79 Å². The first-order valence-corrected chi connectivity index (χ1v) is 11.9. The van der Waals surface area contributed by atoms with Crippen LogP contribution in [0.3, 0.4) is 0 Å². The standard InChI is InChI=1S/C25H31N7O/c33-25(30-18-16-29(17-19-30)15-11-21-6-2-1-3-7-21)22-8-4-13-31(20-22)23-9-10-24(28-27-23)32-14-5-12-26-32/h1-3,5-7,9-10,12,14,22H,4,8,11,13,15-20H2. The number of carbonyl (C=O) groups excluding carboxylic acids is 1. The SMILES string of the molecule is O=C(C1CCCN(c2ccc(-n3cccn3)nn2)C1)N1CCN(CCc2ccccc2)CC1. The second-order valence-corrected chi connectivity index (χ2v) is 8.89. The normalized spacial score (nSPS) is 19.6. The van der Waals surface area contributed by atoms with Crippen LogP contribution in [-0.4, -0.2) is 81.5 Å². The predicted octanol–water partition coefficient (Wildman–Crippen LogP) is 2.27. The van der Waals surface area contributed by atoms with Crippen molar-refractivity contribution in [3.05, 3.63) is 66.5 Å². The van der Waals surface area contributed by atoms with Crippen molar-refractivity contribution in [1.82, 2.24) is 29.8 Å². The van der Waals surface area contributed by atoms with Crippen LogP contribution in [0.1, 0.15) is 18.4 Å². The summed E-state index contributed by atoms with van der Waals surface area (Å²) in [6.45, 7) is 6.22. The largest absolute Gasteiger partial charge is 0.354 e. The molecule has 1 amide bonds. The average Bonchev–Trinajstić information content (AvgIpc) is 3.43. The molecule has 2 fully saturated rings. The van der Waals surface area contributed by atoms with Gasteiger partial charge in [0.1, 0.15) is 0 Å². The Balaban J connectivity index is 1.12. The minimum atomic E-state index is 0.0298. The van der Waals surface area contributed by atoms with E-state index in [0.29, 0.717) is 18.3 Å². The van der Waals surface area contributed by atoms with Crippen LogP contribution in [0.5, 0.6) is 0 Å². The summed E-state index contributed by atoms with van der Waals surface area (Å²) in [5.41, 5.74) is 1.37. The minimum absolute atomic E-state index is 0.0298. The van der Waals surface area contributed by atoms with Crippen molar-refractivity contribution in [1.29, 1.82) is 0 Å². The van der Waals surface area contributed by atoms with Crippen molar-refractivity contribution in [2.45, 2.75) is 19.3 Å². The third-order valence-corrected chi connectivity index (χ3v) is 6.71. The Labute approximate surface area is 194 Å². The van der Waals surface area contributed by atoms with Gasteiger partial charge in [-0.2, -0.15) is 5.10 Å². The molecule has 5 rings (SSSR count). The summed E-state index contributed by atoms with van der Waals surface area (Å²) in [5.74, 6) is 1.85. The van der Waals surface area contributed by atoms with Crippen molar-refractivity contribution < 1.29 is 4.79 Å². The number of rotatable bonds is 6. The van der Waals surface area contributed by atoms with Crippen molar-refractivity contribution in [2.24, 2.45) is 5.92 Å². The molecule has 1 aromatic carbocycles. The highest BCUT2D eigenvalue weighted by atomic mass is 16.2. The number of piperidine rings is 1. The van der Waals surface area contributed by atoms with E-state index in [1.54, 1.807) is 10.9 Å². The molecular formula is C25H31N7O. The molecule has 33 heavy (non-hydrogen) atoms. The second-order valence-electron chi connectivity index (χ2n) is 8.89. The van der Waals surface area contributed by atoms with Crippen LogP contribution in [0.25, 0.3) is 5.82 Å². The van der Waals surface area contributed by atoms with Crippen LogP contribution in [0.2, 0.25) is 0 Å². The zero-order valence-electron chi connectivity index (χ0n) is 19.0. The van der Waals surface area contributed by atoms with Gasteiger partial charge in [0.15, 0.2) is 11.6 Å². The molecule has 3 aromatic rings. The summed E-state index contributed by atoms with van der Waals surface area (Å²) in [7, 11) is 0. The van der Waals surface area contributed by atoms with Crippen LogP contribution >= 0.6 is 0 Å². The van der Waals surface area contributed by atoms with Gasteiger partial charge in [0.25, 0.3) is 0 Å². The summed E-state index contributed by atoms with van der Waals surface area (Å²) >= 11 is 0. The molecule has 8 heteroatoms. The molecule has 1 unspecified atom stereocenters. The monoisotopic (exact) mass is 445 g/mol. The van der Waals surface area contributed by atoms with E-state index in [1.165, 1.54) is 5.56 Å². The van der Waals surface area contributed by atoms with Crippen LogP contribution in [-0.2, 0) is 11.2 Å². The van der Waals surface area contributed by atoms with Gasteiger partial charge in [0.2, 0.25) is 5.91 Å². The molecule has 0 radical (unpaired) electrons. The van der Waals surface area contributed by atoms with Gasteiger partial charge in [-0.15, -0.1) is 10.2 Å². The molecule has 1 atom stereocenters. The number of hydrogen-bond acceptors (Lipinski definition) is 6. The van der Waals surface area contributed by atoms with Crippen molar-refractivity contribution in [2.75, 3.05) is 50.7 Å². The van der Waals surface area contributed by atoms with E-state index >= 15 is 0 Å². The summed E-state index contributed by atoms with van der Waals surface area (Å²) in [4.78, 5) is 20.0. The summed E-state index contributed by atoms with van der Waals surface area (Å²) in [6, 6.07) is 16.4. The molecule has 172 valence electrons. The Morgan fingerprint density at radius 2 is 1.70 bits per heavy atom. The number of nitrogens with zero attached hydrogens (tertiary/aromatic N) is 7. The Bertz CT molecular complexity index is 1010. The van der Waals surface area contributed by atoms with Gasteiger partial charge in [-0.25, -0.2) is 4.68 Å². The first-order chi connectivity index (χ1) is 16.3. The molecule has 8 nitrogen and oxygen atoms in total. The van der Waals surface area contributed by atoms with Crippen molar-refractivity contribution in [3.8, 4) is 5.82 Å². The lowest BCUT2D eigenvalue weighted by molar-refractivity contribution is -0.137. The highest BCUT2D eigenvalue weighted by Crippen LogP contribution is 2.24. The maximum absolute atomic E-state index is 13.3. The highest BCUT2D eigenvalue weighted by Gasteiger charge is 2.31. The molecule has 0 spiro atoms. The maximum Gasteiger partial charge on any atom is 0.227 e. The first kappa shape index (κ1) is 21.6. The molecule has 2 saturated heterocycles. The number of anilines is 1. The molecule has 2 aromatic heterocycles. The number of aromatic nitrogens is 4. The van der Waals surface area contributed by atoms with Crippen LogP contribution in [0.4, 0.5) is 5.82 Å². The van der Waals surface area contributed by atoms with Crippen LogP contribution < -0.4 is 4.90 Å². The van der Waals surface area contributed by atoms with E-state index in [0.717, 1.165) is 64.3 Å². The topological polar surface area (TPSA) is 70.4 Å². The quantitative estimate of drug-likeness (QED) is 0.580. The number of carbonyl (C=O) groups is 1. The zero-order valence-corrected chi connectivity index (χ0v) is 19.0. The minimum Gasteiger partial charge on any atom is -0.354 e. The van der Waals surface area contributed by atoms with Gasteiger partial charge < -0.3 is 9.80 Å². The average molecular weight is 446 g/mol. The number of benzene rings is 1. The van der Waals surface area contributed by atoms with E-state index in [4.69, 9.17) is 0 Å². The summed E-state index contributed by atoms with van der Waals surface area (Å²) in [6.07, 6.45) is 6.57. The molecular weight excluding hydrogens is 414 g/mol. The zero-order chi connectivity index (χ0) is 22.5. The fourth-order valence-electron chi connectivity index (χ4n) is 4.78. The molecule has 2 aliphatic rings. The summed E-state index contributed by atoms with van der Waals surface area (Å²) in [5, 5.41) is 12.9. The molecule has 0 aliphatic carbocycles. The third kappa shape index (κ3) is 5.22. The van der Waals surface area contributed by atoms with Gasteiger partial charge in [0.05, 0.1) is 5.92 Å². The number of hydrogen-bond donors (Lipinski definition) is 0. The van der Waals surface area contributed by atoms with Crippen molar-refractivity contribution >= 4 is 11.7 Å². The highest BCUT2D eigenvalue weighted by molar-refractivity contribution is 5.80. The first-order valence-electron chi connectivity index (χ1n) is 11.9. The second kappa shape index (κ2) is 10.1. The Kier molecular flexibility index (Phi) is 6.62. The van der Waals surface area contributed by atoms with Gasteiger partial charge in [-0.3, -0.25) is 9.69 Å². The lowest BCUT2D eigenvalue weighted by Gasteiger charge is -2.39. The Hall–Kier alpha value is -3.26. The number of amides is 1. The smallest absolute Gasteiger partial charge is 0.227 e. The third-order valence-electron chi connectivity index (χ3n) is 6.71. The fourth-order valence-corrected chi connectivity index (χ4v) is 4.78. The van der Waals surface area contributed by atoms with E-state index < -0.39 is 0 Å². The lowest BCUT2D eigenvalue weighted by atomic mass is 9.96. The predicted molar refractivity (Wildman–Crippen MR) is 127 cm³/mol. The van der Waals surface area contributed by atoms with Crippen molar-refractivity contribution in [3.63, 3.8) is 0 Å². The number of piperazine rings is 1. The molecule has 0 bridgehead atoms. The van der Waals surface area contributed by atoms with Gasteiger partial charge in [0, 0.05) is 58.2 Å². The van der Waals surface area contributed by atoms with Gasteiger partial charge in [-0.05, 0) is 43.0 Å². The van der Waals surface area contributed by atoms with E-state index in [2.05, 4.69) is 60.3 Å². The fraction of sp³-hybridized carbons (Fsp3) is 0.440. The van der Waals surface area contributed by atoms with Crippen LogP contribution in [0.15, 0.2) is 60.9 Å². The lowest BCUT2D eigenvalue weighted by Crippen LogP contribution is -2.52. The Morgan fingerprint density at radius 1 is 0.909 bits per heavy atom. The maximum atomic E-state index is 13.3. The van der Waals surface area contributed by atoms with Gasteiger partial charge >= 0.3 is 0 Å². The molecule has 4 heterocycles.